The maximum absolute atomic E-state index is 4.72. The molecule has 0 unspecified atom stereocenters. The van der Waals surface area contributed by atoms with E-state index in [0.717, 1.165) is 34.7 Å². The van der Waals surface area contributed by atoms with Crippen molar-refractivity contribution in [3.8, 4) is 11.4 Å². The zero-order valence-electron chi connectivity index (χ0n) is 12.8. The molecule has 0 saturated heterocycles. The van der Waals surface area contributed by atoms with Gasteiger partial charge in [0.2, 0.25) is 0 Å². The molecule has 22 heavy (non-hydrogen) atoms. The summed E-state index contributed by atoms with van der Waals surface area (Å²) in [5, 5.41) is 4.51. The molecule has 0 amide bonds. The Morgan fingerprint density at radius 2 is 1.64 bits per heavy atom. The minimum atomic E-state index is 0. The largest absolute Gasteiger partial charge is 0.369 e. The van der Waals surface area contributed by atoms with Crippen LogP contribution in [0.15, 0.2) is 54.6 Å². The van der Waals surface area contributed by atoms with Crippen LogP contribution in [-0.4, -0.2) is 16.5 Å². The van der Waals surface area contributed by atoms with E-state index in [2.05, 4.69) is 30.2 Å². The first-order valence-electron chi connectivity index (χ1n) is 7.30. The lowest BCUT2D eigenvalue weighted by Crippen LogP contribution is -2.10. The van der Waals surface area contributed by atoms with Crippen LogP contribution in [0.2, 0.25) is 0 Å². The maximum atomic E-state index is 4.72. The Bertz CT molecular complexity index is 748. The Balaban J connectivity index is 0.00000132. The van der Waals surface area contributed by atoms with Gasteiger partial charge in [-0.15, -0.1) is 12.4 Å². The van der Waals surface area contributed by atoms with E-state index in [1.165, 1.54) is 0 Å². The van der Waals surface area contributed by atoms with Crippen LogP contribution in [0.3, 0.4) is 0 Å². The normalized spacial score (nSPS) is 10.5. The first-order valence-corrected chi connectivity index (χ1v) is 7.30. The standard InChI is InChI=1S/C18H19N3.ClH.H2/c1-13(2)12-19-18-15-10-6-7-11-16(15)20-17(21-18)14-8-4-3-5-9-14;;/h3-11,13H,12H2,1-2H3,(H,19,20,21);2*1H. The van der Waals surface area contributed by atoms with Crippen LogP contribution in [0.5, 0.6) is 0 Å². The number of hydrogen-bond acceptors (Lipinski definition) is 3. The Labute approximate surface area is 138 Å². The first kappa shape index (κ1) is 16.2. The quantitative estimate of drug-likeness (QED) is 0.733. The van der Waals surface area contributed by atoms with Crippen molar-refractivity contribution >= 4 is 29.1 Å². The molecular formula is C18H22ClN3. The molecule has 0 atom stereocenters. The number of nitrogens with one attached hydrogen (secondary N) is 1. The highest BCUT2D eigenvalue weighted by Gasteiger charge is 2.09. The highest BCUT2D eigenvalue weighted by molar-refractivity contribution is 5.90. The van der Waals surface area contributed by atoms with E-state index in [4.69, 9.17) is 4.98 Å². The highest BCUT2D eigenvalue weighted by atomic mass is 35.5. The molecule has 0 radical (unpaired) electrons. The smallest absolute Gasteiger partial charge is 0.162 e. The van der Waals surface area contributed by atoms with Crippen LogP contribution in [0.4, 0.5) is 5.82 Å². The molecular weight excluding hydrogens is 294 g/mol. The van der Waals surface area contributed by atoms with Gasteiger partial charge in [0.25, 0.3) is 0 Å². The third-order valence-corrected chi connectivity index (χ3v) is 3.31. The summed E-state index contributed by atoms with van der Waals surface area (Å²) in [6, 6.07) is 18.2. The van der Waals surface area contributed by atoms with E-state index in [9.17, 15) is 0 Å². The summed E-state index contributed by atoms with van der Waals surface area (Å²) in [4.78, 5) is 9.40. The molecule has 0 fully saturated rings. The van der Waals surface area contributed by atoms with Crippen molar-refractivity contribution in [2.75, 3.05) is 11.9 Å². The third-order valence-electron chi connectivity index (χ3n) is 3.31. The van der Waals surface area contributed by atoms with Crippen molar-refractivity contribution < 1.29 is 1.43 Å². The molecule has 3 nitrogen and oxygen atoms in total. The van der Waals surface area contributed by atoms with Crippen LogP contribution in [-0.2, 0) is 0 Å². The molecule has 0 saturated carbocycles. The molecule has 0 spiro atoms. The Kier molecular flexibility index (Phi) is 5.34. The molecule has 0 aliphatic rings. The lowest BCUT2D eigenvalue weighted by molar-refractivity contribution is 0.687. The van der Waals surface area contributed by atoms with Crippen LogP contribution < -0.4 is 5.32 Å². The molecule has 1 aromatic heterocycles. The van der Waals surface area contributed by atoms with E-state index in [1.807, 2.05) is 48.5 Å². The van der Waals surface area contributed by atoms with Crippen molar-refractivity contribution in [2.45, 2.75) is 13.8 Å². The van der Waals surface area contributed by atoms with Crippen molar-refractivity contribution in [3.63, 3.8) is 0 Å². The lowest BCUT2D eigenvalue weighted by Gasteiger charge is -2.12. The van der Waals surface area contributed by atoms with Gasteiger partial charge >= 0.3 is 0 Å². The van der Waals surface area contributed by atoms with Crippen molar-refractivity contribution in [1.29, 1.82) is 0 Å². The van der Waals surface area contributed by atoms with Gasteiger partial charge < -0.3 is 5.32 Å². The van der Waals surface area contributed by atoms with E-state index in [-0.39, 0.29) is 13.8 Å². The van der Waals surface area contributed by atoms with Crippen LogP contribution >= 0.6 is 12.4 Å². The van der Waals surface area contributed by atoms with Gasteiger partial charge in [0, 0.05) is 18.9 Å². The summed E-state index contributed by atoms with van der Waals surface area (Å²) in [7, 11) is 0. The summed E-state index contributed by atoms with van der Waals surface area (Å²) in [5.41, 5.74) is 2.01. The highest BCUT2D eigenvalue weighted by Crippen LogP contribution is 2.24. The fraction of sp³-hybridized carbons (Fsp3) is 0.222. The summed E-state index contributed by atoms with van der Waals surface area (Å²) >= 11 is 0. The number of hydrogen-bond donors (Lipinski definition) is 1. The minimum absolute atomic E-state index is 0. The lowest BCUT2D eigenvalue weighted by atomic mass is 10.1. The van der Waals surface area contributed by atoms with Crippen molar-refractivity contribution in [1.82, 2.24) is 9.97 Å². The van der Waals surface area contributed by atoms with Crippen LogP contribution in [0, 0.1) is 5.92 Å². The number of para-hydroxylation sites is 1. The van der Waals surface area contributed by atoms with Gasteiger partial charge in [0.05, 0.1) is 5.52 Å². The van der Waals surface area contributed by atoms with E-state index in [1.54, 1.807) is 0 Å². The second kappa shape index (κ2) is 7.23. The fourth-order valence-electron chi connectivity index (χ4n) is 2.23. The molecule has 2 aromatic carbocycles. The fourth-order valence-corrected chi connectivity index (χ4v) is 2.23. The van der Waals surface area contributed by atoms with Gasteiger partial charge in [-0.25, -0.2) is 9.97 Å². The number of benzene rings is 2. The second-order valence-corrected chi connectivity index (χ2v) is 5.55. The zero-order valence-corrected chi connectivity index (χ0v) is 13.6. The summed E-state index contributed by atoms with van der Waals surface area (Å²) < 4.78 is 0. The summed E-state index contributed by atoms with van der Waals surface area (Å²) in [6.07, 6.45) is 0. The molecule has 0 aliphatic carbocycles. The van der Waals surface area contributed by atoms with Gasteiger partial charge in [-0.05, 0) is 18.1 Å². The van der Waals surface area contributed by atoms with Gasteiger partial charge in [-0.2, -0.15) is 0 Å². The SMILES string of the molecule is CC(C)CNc1nc(-c2ccccc2)nc2ccccc12.Cl.[HH]. The number of halogens is 1. The molecule has 3 rings (SSSR count). The summed E-state index contributed by atoms with van der Waals surface area (Å²) in [5.74, 6) is 2.24. The molecule has 3 aromatic rings. The van der Waals surface area contributed by atoms with Crippen molar-refractivity contribution in [2.24, 2.45) is 5.92 Å². The van der Waals surface area contributed by atoms with Crippen molar-refractivity contribution in [3.05, 3.63) is 54.6 Å². The minimum Gasteiger partial charge on any atom is -0.369 e. The van der Waals surface area contributed by atoms with Gasteiger partial charge in [0.1, 0.15) is 5.82 Å². The zero-order chi connectivity index (χ0) is 14.7. The Hall–Kier alpha value is -2.13. The average molecular weight is 316 g/mol. The van der Waals surface area contributed by atoms with E-state index >= 15 is 0 Å². The topological polar surface area (TPSA) is 37.8 Å². The maximum Gasteiger partial charge on any atom is 0.162 e. The molecule has 4 heteroatoms. The average Bonchev–Trinajstić information content (AvgIpc) is 2.53. The van der Waals surface area contributed by atoms with Crippen LogP contribution in [0.25, 0.3) is 22.3 Å². The first-order chi connectivity index (χ1) is 10.2. The molecule has 0 bridgehead atoms. The number of anilines is 1. The number of rotatable bonds is 4. The Morgan fingerprint density at radius 3 is 2.36 bits per heavy atom. The van der Waals surface area contributed by atoms with Gasteiger partial charge in [0.15, 0.2) is 5.82 Å². The number of nitrogens with zero attached hydrogens (tertiary/aromatic N) is 2. The predicted octanol–water partition coefficient (Wildman–Crippen LogP) is 5.03. The summed E-state index contributed by atoms with van der Waals surface area (Å²) in [6.45, 7) is 5.28. The van der Waals surface area contributed by atoms with E-state index < -0.39 is 0 Å². The second-order valence-electron chi connectivity index (χ2n) is 5.55. The molecule has 116 valence electrons. The van der Waals surface area contributed by atoms with Gasteiger partial charge in [-0.3, -0.25) is 0 Å². The predicted molar refractivity (Wildman–Crippen MR) is 97.7 cm³/mol. The molecule has 0 aliphatic heterocycles. The monoisotopic (exact) mass is 315 g/mol. The number of fused-ring (bicyclic) bond motifs is 1. The molecule has 1 N–H and O–H groups in total. The third kappa shape index (κ3) is 3.55. The van der Waals surface area contributed by atoms with Crippen LogP contribution in [0.1, 0.15) is 15.3 Å². The van der Waals surface area contributed by atoms with E-state index in [0.29, 0.717) is 5.92 Å². The molecule has 1 heterocycles. The Morgan fingerprint density at radius 1 is 0.955 bits per heavy atom. The number of aromatic nitrogens is 2. The van der Waals surface area contributed by atoms with Gasteiger partial charge in [-0.1, -0.05) is 56.3 Å².